The van der Waals surface area contributed by atoms with Gasteiger partial charge in [0.1, 0.15) is 0 Å². The third-order valence-corrected chi connectivity index (χ3v) is 4.69. The molecule has 2 aliphatic carbocycles. The molecule has 0 amide bonds. The van der Waals surface area contributed by atoms with Gasteiger partial charge >= 0.3 is 5.97 Å². The van der Waals surface area contributed by atoms with Crippen LogP contribution in [0.25, 0.3) is 0 Å². The van der Waals surface area contributed by atoms with E-state index >= 15 is 0 Å². The van der Waals surface area contributed by atoms with E-state index in [1.165, 1.54) is 12.1 Å². The highest BCUT2D eigenvalue weighted by Crippen LogP contribution is 2.49. The number of carbonyl (C=O) groups is 1. The molecule has 0 aliphatic heterocycles. The van der Waals surface area contributed by atoms with Gasteiger partial charge in [0.05, 0.1) is 22.6 Å². The van der Waals surface area contributed by atoms with E-state index in [0.29, 0.717) is 0 Å². The largest absolute Gasteiger partial charge is 0.481 e. The van der Waals surface area contributed by atoms with E-state index in [0.717, 1.165) is 25.3 Å². The van der Waals surface area contributed by atoms with Crippen molar-refractivity contribution in [1.29, 1.82) is 0 Å². The molecule has 0 aromatic heterocycles. The average molecular weight is 294 g/mol. The van der Waals surface area contributed by atoms with Crippen molar-refractivity contribution in [2.24, 2.45) is 17.8 Å². The van der Waals surface area contributed by atoms with Crippen LogP contribution in [0.2, 0.25) is 0 Å². The summed E-state index contributed by atoms with van der Waals surface area (Å²) in [5.74, 6) is -1.73. The number of fused-ring (bicyclic) bond motifs is 2. The Morgan fingerprint density at radius 3 is 2.71 bits per heavy atom. The minimum atomic E-state index is -0.859. The van der Waals surface area contributed by atoms with Gasteiger partial charge in [0, 0.05) is 12.1 Å². The van der Waals surface area contributed by atoms with Crippen LogP contribution in [-0.4, -0.2) is 22.0 Å². The first-order chi connectivity index (χ1) is 9.97. The zero-order valence-electron chi connectivity index (χ0n) is 11.2. The number of nitrogens with one attached hydrogen (secondary N) is 1. The Morgan fingerprint density at radius 1 is 1.38 bits per heavy atom. The Hall–Kier alpha value is -2.18. The minimum Gasteiger partial charge on any atom is -0.481 e. The molecule has 0 radical (unpaired) electrons. The monoisotopic (exact) mass is 294 g/mol. The van der Waals surface area contributed by atoms with Crippen LogP contribution in [0.4, 0.5) is 15.8 Å². The number of hydrogen-bond donors (Lipinski definition) is 2. The van der Waals surface area contributed by atoms with Crippen LogP contribution in [0.5, 0.6) is 0 Å². The van der Waals surface area contributed by atoms with Crippen molar-refractivity contribution in [2.75, 3.05) is 5.32 Å². The van der Waals surface area contributed by atoms with Crippen molar-refractivity contribution in [3.8, 4) is 0 Å². The number of carboxylic acid groups (broad SMARTS) is 1. The number of benzene rings is 1. The normalized spacial score (nSPS) is 30.3. The molecule has 0 saturated heterocycles. The van der Waals surface area contributed by atoms with E-state index in [-0.39, 0.29) is 29.3 Å². The Morgan fingerprint density at radius 2 is 2.10 bits per heavy atom. The molecule has 2 aliphatic rings. The second-order valence-corrected chi connectivity index (χ2v) is 5.79. The lowest BCUT2D eigenvalue weighted by atomic mass is 9.84. The number of aliphatic carboxylic acids is 1. The maximum atomic E-state index is 13.9. The molecule has 112 valence electrons. The Bertz CT molecular complexity index is 607. The molecular weight excluding hydrogens is 279 g/mol. The molecule has 2 N–H and O–H groups in total. The lowest BCUT2D eigenvalue weighted by Gasteiger charge is -2.29. The first kappa shape index (κ1) is 13.8. The Kier molecular flexibility index (Phi) is 3.27. The van der Waals surface area contributed by atoms with E-state index in [2.05, 4.69) is 5.32 Å². The molecule has 1 aromatic carbocycles. The molecular formula is C14H15FN2O4. The summed E-state index contributed by atoms with van der Waals surface area (Å²) < 4.78 is 13.9. The third kappa shape index (κ3) is 2.32. The Balaban J connectivity index is 1.83. The van der Waals surface area contributed by atoms with Crippen LogP contribution in [0, 0.1) is 33.7 Å². The summed E-state index contributed by atoms with van der Waals surface area (Å²) in [5.41, 5.74) is -0.190. The highest BCUT2D eigenvalue weighted by atomic mass is 19.1. The highest BCUT2D eigenvalue weighted by Gasteiger charge is 2.51. The van der Waals surface area contributed by atoms with Crippen LogP contribution in [-0.2, 0) is 4.79 Å². The van der Waals surface area contributed by atoms with E-state index in [1.807, 2.05) is 0 Å². The first-order valence-corrected chi connectivity index (χ1v) is 6.90. The van der Waals surface area contributed by atoms with Crippen LogP contribution in [0.15, 0.2) is 18.2 Å². The van der Waals surface area contributed by atoms with Crippen LogP contribution >= 0.6 is 0 Å². The highest BCUT2D eigenvalue weighted by molar-refractivity contribution is 5.73. The summed E-state index contributed by atoms with van der Waals surface area (Å²) in [6.07, 6.45) is 2.70. The number of carboxylic acids is 1. The summed E-state index contributed by atoms with van der Waals surface area (Å²) in [6, 6.07) is 3.06. The molecule has 2 fully saturated rings. The smallest absolute Gasteiger partial charge is 0.308 e. The van der Waals surface area contributed by atoms with Crippen LogP contribution in [0.3, 0.4) is 0 Å². The zero-order valence-corrected chi connectivity index (χ0v) is 11.2. The van der Waals surface area contributed by atoms with Gasteiger partial charge in [-0.2, -0.15) is 0 Å². The van der Waals surface area contributed by atoms with Gasteiger partial charge in [-0.15, -0.1) is 0 Å². The van der Waals surface area contributed by atoms with Gasteiger partial charge in [-0.3, -0.25) is 14.9 Å². The molecule has 3 rings (SSSR count). The number of rotatable bonds is 4. The SMILES string of the molecule is O=C(O)C1C2CCC(C2)C1Nc1ccc([N+](=O)[O-])cc1F. The molecule has 7 heteroatoms. The standard InChI is InChI=1S/C14H15FN2O4/c15-10-6-9(17(20)21)3-4-11(10)16-13-8-2-1-7(5-8)12(13)14(18)19/h3-4,6-8,12-13,16H,1-2,5H2,(H,18,19). The van der Waals surface area contributed by atoms with Gasteiger partial charge in [0.25, 0.3) is 5.69 Å². The predicted molar refractivity (Wildman–Crippen MR) is 72.4 cm³/mol. The lowest BCUT2D eigenvalue weighted by molar-refractivity contribution is -0.385. The second-order valence-electron chi connectivity index (χ2n) is 5.79. The molecule has 0 heterocycles. The minimum absolute atomic E-state index is 0.129. The van der Waals surface area contributed by atoms with Crippen molar-refractivity contribution in [1.82, 2.24) is 0 Å². The summed E-state index contributed by atoms with van der Waals surface area (Å²) in [4.78, 5) is 21.3. The third-order valence-electron chi connectivity index (χ3n) is 4.69. The molecule has 1 aromatic rings. The van der Waals surface area contributed by atoms with Gasteiger partial charge in [-0.25, -0.2) is 4.39 Å². The fraction of sp³-hybridized carbons (Fsp3) is 0.500. The lowest BCUT2D eigenvalue weighted by Crippen LogP contribution is -2.39. The number of anilines is 1. The molecule has 4 unspecified atom stereocenters. The number of hydrogen-bond acceptors (Lipinski definition) is 4. The van der Waals surface area contributed by atoms with Crippen LogP contribution in [0.1, 0.15) is 19.3 Å². The summed E-state index contributed by atoms with van der Waals surface area (Å²) >= 11 is 0. The van der Waals surface area contributed by atoms with Crippen molar-refractivity contribution in [2.45, 2.75) is 25.3 Å². The second kappa shape index (κ2) is 4.98. The number of nitro benzene ring substituents is 1. The van der Waals surface area contributed by atoms with E-state index in [9.17, 15) is 24.4 Å². The number of non-ortho nitro benzene ring substituents is 1. The zero-order chi connectivity index (χ0) is 15.1. The fourth-order valence-corrected chi connectivity index (χ4v) is 3.77. The molecule has 0 spiro atoms. The van der Waals surface area contributed by atoms with E-state index in [1.54, 1.807) is 0 Å². The van der Waals surface area contributed by atoms with Crippen molar-refractivity contribution < 1.29 is 19.2 Å². The van der Waals surface area contributed by atoms with Crippen LogP contribution < -0.4 is 5.32 Å². The summed E-state index contributed by atoms with van der Waals surface area (Å²) in [7, 11) is 0. The van der Waals surface area contributed by atoms with Gasteiger partial charge in [-0.05, 0) is 37.2 Å². The molecule has 2 saturated carbocycles. The Labute approximate surface area is 120 Å². The summed E-state index contributed by atoms with van der Waals surface area (Å²) in [5, 5.41) is 22.9. The number of nitro groups is 1. The average Bonchev–Trinajstić information content (AvgIpc) is 3.01. The van der Waals surface area contributed by atoms with Gasteiger partial charge < -0.3 is 10.4 Å². The van der Waals surface area contributed by atoms with Gasteiger partial charge in [0.2, 0.25) is 0 Å². The molecule has 4 atom stereocenters. The van der Waals surface area contributed by atoms with Gasteiger partial charge in [0.15, 0.2) is 5.82 Å². The summed E-state index contributed by atoms with van der Waals surface area (Å²) in [6.45, 7) is 0. The van der Waals surface area contributed by atoms with Crippen molar-refractivity contribution >= 4 is 17.3 Å². The maximum Gasteiger partial charge on any atom is 0.308 e. The maximum absolute atomic E-state index is 13.9. The van der Waals surface area contributed by atoms with Crippen molar-refractivity contribution in [3.63, 3.8) is 0 Å². The molecule has 2 bridgehead atoms. The quantitative estimate of drug-likeness (QED) is 0.658. The topological polar surface area (TPSA) is 92.5 Å². The molecule has 21 heavy (non-hydrogen) atoms. The van der Waals surface area contributed by atoms with E-state index < -0.39 is 22.6 Å². The predicted octanol–water partition coefficient (Wildman–Crippen LogP) is 2.65. The molecule has 6 nitrogen and oxygen atoms in total. The number of halogens is 1. The number of nitrogens with zero attached hydrogens (tertiary/aromatic N) is 1. The van der Waals surface area contributed by atoms with E-state index in [4.69, 9.17) is 0 Å². The van der Waals surface area contributed by atoms with Gasteiger partial charge in [-0.1, -0.05) is 0 Å². The fourth-order valence-electron chi connectivity index (χ4n) is 3.77. The van der Waals surface area contributed by atoms with Crippen molar-refractivity contribution in [3.05, 3.63) is 34.1 Å². The first-order valence-electron chi connectivity index (χ1n) is 6.90.